The summed E-state index contributed by atoms with van der Waals surface area (Å²) in [6, 6.07) is 83.3. The monoisotopic (exact) mass is 954 g/mol. The van der Waals surface area contributed by atoms with Gasteiger partial charge in [0, 0.05) is 60.7 Å². The number of benzene rings is 10. The minimum atomic E-state index is 0.539. The van der Waals surface area contributed by atoms with Gasteiger partial charge in [0.15, 0.2) is 11.5 Å². The average Bonchev–Trinajstić information content (AvgIpc) is 4.17. The molecule has 0 radical (unpaired) electrons. The van der Waals surface area contributed by atoms with Gasteiger partial charge in [-0.15, -0.1) is 0 Å². The molecule has 0 fully saturated rings. The first-order chi connectivity index (χ1) is 37.0. The van der Waals surface area contributed by atoms with Crippen molar-refractivity contribution in [2.75, 3.05) is 0 Å². The van der Waals surface area contributed by atoms with Gasteiger partial charge >= 0.3 is 0 Å². The first-order valence-corrected chi connectivity index (χ1v) is 24.6. The molecule has 0 amide bonds. The second kappa shape index (κ2) is 17.2. The van der Waals surface area contributed by atoms with Gasteiger partial charge in [-0.25, -0.2) is 14.8 Å². The maximum absolute atomic E-state index is 10.9. The van der Waals surface area contributed by atoms with Crippen LogP contribution in [0.15, 0.2) is 231 Å². The van der Waals surface area contributed by atoms with E-state index in [9.17, 15) is 10.5 Å². The lowest BCUT2D eigenvalue weighted by Crippen LogP contribution is -1.98. The number of para-hydroxylation sites is 2. The van der Waals surface area contributed by atoms with E-state index in [1.165, 1.54) is 10.8 Å². The van der Waals surface area contributed by atoms with Gasteiger partial charge in [-0.3, -0.25) is 0 Å². The summed E-state index contributed by atoms with van der Waals surface area (Å²) in [6.45, 7) is 7.79. The maximum Gasteiger partial charge on any atom is 0.188 e. The zero-order chi connectivity index (χ0) is 50.1. The van der Waals surface area contributed by atoms with Gasteiger partial charge in [0.1, 0.15) is 0 Å². The molecule has 0 aliphatic carbocycles. The Kier molecular flexibility index (Phi) is 9.85. The highest BCUT2D eigenvalue weighted by molar-refractivity contribution is 6.14. The number of nitriles is 2. The number of hydrogen-bond acceptors (Lipinski definition) is 4. The maximum atomic E-state index is 10.9. The van der Waals surface area contributed by atoms with Gasteiger partial charge in [0.2, 0.25) is 0 Å². The molecule has 14 aromatic rings. The van der Waals surface area contributed by atoms with Crippen LogP contribution < -0.4 is 0 Å². The third kappa shape index (κ3) is 6.96. The molecule has 4 heterocycles. The largest absolute Gasteiger partial charge is 0.309 e. The van der Waals surface area contributed by atoms with Crippen molar-refractivity contribution in [3.8, 4) is 74.2 Å². The minimum Gasteiger partial charge on any atom is -0.309 e. The lowest BCUT2D eigenvalue weighted by atomic mass is 9.97. The molecule has 0 saturated heterocycles. The summed E-state index contributed by atoms with van der Waals surface area (Å²) in [5.41, 5.74) is 16.9. The molecule has 8 heteroatoms. The first kappa shape index (κ1) is 43.0. The van der Waals surface area contributed by atoms with Gasteiger partial charge in [-0.05, 0) is 114 Å². The van der Waals surface area contributed by atoms with Crippen LogP contribution in [0.2, 0.25) is 0 Å². The average molecular weight is 955 g/mol. The molecular weight excluding hydrogens is 917 g/mol. The standard InChI is InChI=1S/C67H38N8/c1-70-48-25-31-64-56(36-48)55-34-42(40-68)20-30-63(55)75(64)51-28-33-66-58(38-51)57-37-50(74-61-18-10-8-16-53(61)54-17-9-11-19-62(54)74)27-32-65(57)73(66)49-26-29-52(47(35-49)41-69)43-21-23-45(24-22-43)60-39-59(44-12-4-2-5-13-44)71-67(72-60)46-14-6-3-7-15-46/h2-39H. The quantitative estimate of drug-likeness (QED) is 0.149. The highest BCUT2D eigenvalue weighted by Crippen LogP contribution is 2.41. The zero-order valence-electron chi connectivity index (χ0n) is 40.0. The molecule has 0 aliphatic rings. The van der Waals surface area contributed by atoms with Crippen LogP contribution in [0, 0.1) is 29.2 Å². The van der Waals surface area contributed by atoms with E-state index in [-0.39, 0.29) is 0 Å². The number of rotatable bonds is 7. The van der Waals surface area contributed by atoms with Gasteiger partial charge in [-0.2, -0.15) is 10.5 Å². The van der Waals surface area contributed by atoms with Crippen LogP contribution in [0.5, 0.6) is 0 Å². The molecule has 14 rings (SSSR count). The highest BCUT2D eigenvalue weighted by Gasteiger charge is 2.21. The molecule has 4 aromatic heterocycles. The van der Waals surface area contributed by atoms with Crippen molar-refractivity contribution in [2.24, 2.45) is 0 Å². The predicted molar refractivity (Wildman–Crippen MR) is 302 cm³/mol. The fraction of sp³-hybridized carbons (Fsp3) is 0. The second-order valence-corrected chi connectivity index (χ2v) is 18.7. The zero-order valence-corrected chi connectivity index (χ0v) is 40.0. The van der Waals surface area contributed by atoms with Crippen molar-refractivity contribution in [1.29, 1.82) is 10.5 Å². The van der Waals surface area contributed by atoms with Gasteiger partial charge < -0.3 is 13.7 Å². The van der Waals surface area contributed by atoms with Crippen molar-refractivity contribution in [2.45, 2.75) is 0 Å². The van der Waals surface area contributed by atoms with Gasteiger partial charge in [-0.1, -0.05) is 133 Å². The Morgan fingerprint density at radius 1 is 0.360 bits per heavy atom. The van der Waals surface area contributed by atoms with E-state index >= 15 is 0 Å². The van der Waals surface area contributed by atoms with Crippen LogP contribution >= 0.6 is 0 Å². The summed E-state index contributed by atoms with van der Waals surface area (Å²) >= 11 is 0. The van der Waals surface area contributed by atoms with Crippen LogP contribution in [0.4, 0.5) is 5.69 Å². The lowest BCUT2D eigenvalue weighted by molar-refractivity contribution is 1.16. The summed E-state index contributed by atoms with van der Waals surface area (Å²) in [5.74, 6) is 0.653. The SMILES string of the molecule is [C-]#[N+]c1ccc2c(c1)c1cc(C#N)ccc1n2-c1ccc2c(c1)c1cc(-n3c4ccccc4c4ccccc43)ccc1n2-c1ccc(-c2ccc(-c3cc(-c4ccccc4)nc(-c4ccccc4)n3)cc2)c(C#N)c1. The third-order valence-electron chi connectivity index (χ3n) is 14.5. The van der Waals surface area contributed by atoms with Crippen LogP contribution in [0.3, 0.4) is 0 Å². The second-order valence-electron chi connectivity index (χ2n) is 18.7. The summed E-state index contributed by atoms with van der Waals surface area (Å²) in [4.78, 5) is 13.8. The van der Waals surface area contributed by atoms with E-state index in [4.69, 9.17) is 16.5 Å². The summed E-state index contributed by atoms with van der Waals surface area (Å²) in [6.07, 6.45) is 0. The van der Waals surface area contributed by atoms with Gasteiger partial charge in [0.05, 0.1) is 74.3 Å². The molecule has 0 atom stereocenters. The normalized spacial score (nSPS) is 11.4. The molecule has 0 unspecified atom stereocenters. The van der Waals surface area contributed by atoms with E-state index < -0.39 is 0 Å². The lowest BCUT2D eigenvalue weighted by Gasteiger charge is -2.13. The molecule has 346 valence electrons. The van der Waals surface area contributed by atoms with E-state index in [0.717, 1.165) is 111 Å². The van der Waals surface area contributed by atoms with Crippen molar-refractivity contribution in [1.82, 2.24) is 23.7 Å². The fourth-order valence-electron chi connectivity index (χ4n) is 11.1. The summed E-state index contributed by atoms with van der Waals surface area (Å²) in [5, 5.41) is 27.1. The molecule has 0 bridgehead atoms. The van der Waals surface area contributed by atoms with Gasteiger partial charge in [0.25, 0.3) is 0 Å². The summed E-state index contributed by atoms with van der Waals surface area (Å²) < 4.78 is 6.82. The Morgan fingerprint density at radius 2 is 0.813 bits per heavy atom. The van der Waals surface area contributed by atoms with E-state index in [1.54, 1.807) is 0 Å². The third-order valence-corrected chi connectivity index (χ3v) is 14.5. The van der Waals surface area contributed by atoms with E-state index in [2.05, 4.69) is 164 Å². The fourth-order valence-corrected chi connectivity index (χ4v) is 11.1. The van der Waals surface area contributed by atoms with Crippen LogP contribution in [0.1, 0.15) is 11.1 Å². The van der Waals surface area contributed by atoms with E-state index in [0.29, 0.717) is 22.6 Å². The van der Waals surface area contributed by atoms with Crippen LogP contribution in [0.25, 0.3) is 132 Å². The van der Waals surface area contributed by atoms with Crippen molar-refractivity contribution in [3.63, 3.8) is 0 Å². The molecule has 0 aliphatic heterocycles. The molecule has 75 heavy (non-hydrogen) atoms. The predicted octanol–water partition coefficient (Wildman–Crippen LogP) is 16.7. The first-order valence-electron chi connectivity index (χ1n) is 24.6. The minimum absolute atomic E-state index is 0.539. The Bertz CT molecular complexity index is 4610. The van der Waals surface area contributed by atoms with Crippen molar-refractivity contribution >= 4 is 71.1 Å². The topological polar surface area (TPSA) is 92.5 Å². The number of fused-ring (bicyclic) bond motifs is 9. The Labute approximate surface area is 430 Å². The highest BCUT2D eigenvalue weighted by atomic mass is 15.0. The Balaban J connectivity index is 0.925. The Hall–Kier alpha value is -10.9. The van der Waals surface area contributed by atoms with Crippen molar-refractivity contribution in [3.05, 3.63) is 253 Å². The number of hydrogen-bond donors (Lipinski definition) is 0. The molecule has 0 spiro atoms. The number of nitrogens with zero attached hydrogens (tertiary/aromatic N) is 8. The van der Waals surface area contributed by atoms with Crippen molar-refractivity contribution < 1.29 is 0 Å². The molecule has 0 N–H and O–H groups in total. The van der Waals surface area contributed by atoms with E-state index in [1.807, 2.05) is 97.1 Å². The molecule has 8 nitrogen and oxygen atoms in total. The Morgan fingerprint density at radius 3 is 1.39 bits per heavy atom. The number of aromatic nitrogens is 5. The smallest absolute Gasteiger partial charge is 0.188 e. The van der Waals surface area contributed by atoms with Crippen LogP contribution in [-0.2, 0) is 0 Å². The van der Waals surface area contributed by atoms with Crippen LogP contribution in [-0.4, -0.2) is 23.7 Å². The molecule has 0 saturated carbocycles. The molecule has 10 aromatic carbocycles. The molecular formula is C67H38N8. The summed E-state index contributed by atoms with van der Waals surface area (Å²) in [7, 11) is 0.